The molecule has 1 aliphatic rings. The molecule has 1 aliphatic heterocycles. The van der Waals surface area contributed by atoms with E-state index in [4.69, 9.17) is 14.2 Å². The van der Waals surface area contributed by atoms with E-state index in [1.54, 1.807) is 18.2 Å². The van der Waals surface area contributed by atoms with Gasteiger partial charge in [0.2, 0.25) is 5.43 Å². The van der Waals surface area contributed by atoms with E-state index >= 15 is 4.39 Å². The Labute approximate surface area is 200 Å². The maximum atomic E-state index is 15.2. The van der Waals surface area contributed by atoms with E-state index < -0.39 is 29.4 Å². The van der Waals surface area contributed by atoms with E-state index in [2.05, 4.69) is 4.98 Å². The highest BCUT2D eigenvalue weighted by molar-refractivity contribution is 5.93. The van der Waals surface area contributed by atoms with Gasteiger partial charge in [0, 0.05) is 24.4 Å². The molecule has 2 N–H and O–H groups in total. The minimum Gasteiger partial charge on any atom is -0.497 e. The molecule has 3 heterocycles. The Morgan fingerprint density at radius 1 is 1.23 bits per heavy atom. The molecule has 35 heavy (non-hydrogen) atoms. The second kappa shape index (κ2) is 9.88. The Bertz CT molecular complexity index is 1330. The van der Waals surface area contributed by atoms with E-state index in [1.165, 1.54) is 29.9 Å². The first-order valence-electron chi connectivity index (χ1n) is 10.9. The number of aliphatic hydroxyl groups is 2. The van der Waals surface area contributed by atoms with Crippen LogP contribution < -0.4 is 19.8 Å². The van der Waals surface area contributed by atoms with Crippen molar-refractivity contribution in [1.82, 2.24) is 9.55 Å². The van der Waals surface area contributed by atoms with Crippen LogP contribution in [0.15, 0.2) is 35.3 Å². The van der Waals surface area contributed by atoms with Crippen molar-refractivity contribution >= 4 is 22.8 Å². The fraction of sp³-hybridized carbons (Fsp3) is 0.375. The smallest absolute Gasteiger partial charge is 0.343 e. The number of β-amino-alcohol motifs (C(OH)–C–C–N with tert-alkyl or cyclic N) is 1. The predicted octanol–water partition coefficient (Wildman–Crippen LogP) is 1.32. The van der Waals surface area contributed by atoms with Crippen molar-refractivity contribution in [2.45, 2.75) is 25.1 Å². The van der Waals surface area contributed by atoms with Crippen molar-refractivity contribution in [1.29, 1.82) is 0 Å². The zero-order valence-corrected chi connectivity index (χ0v) is 19.5. The fourth-order valence-corrected chi connectivity index (χ4v) is 4.34. The van der Waals surface area contributed by atoms with E-state index in [1.807, 2.05) is 0 Å². The summed E-state index contributed by atoms with van der Waals surface area (Å²) in [5.41, 5.74) is -0.184. The number of nitrogens with zero attached hydrogens (tertiary/aromatic N) is 3. The number of esters is 1. The fourth-order valence-electron chi connectivity index (χ4n) is 4.34. The Hall–Kier alpha value is -3.70. The highest BCUT2D eigenvalue weighted by Crippen LogP contribution is 2.30. The van der Waals surface area contributed by atoms with Gasteiger partial charge in [0.1, 0.15) is 22.7 Å². The molecule has 4 rings (SSSR count). The summed E-state index contributed by atoms with van der Waals surface area (Å²) in [6, 6.07) is 5.69. The van der Waals surface area contributed by atoms with Gasteiger partial charge in [-0.1, -0.05) is 0 Å². The van der Waals surface area contributed by atoms with Crippen molar-refractivity contribution < 1.29 is 33.6 Å². The lowest BCUT2D eigenvalue weighted by molar-refractivity contribution is 0.0598. The Balaban J connectivity index is 1.93. The van der Waals surface area contributed by atoms with Crippen molar-refractivity contribution in [2.75, 3.05) is 39.4 Å². The first-order valence-corrected chi connectivity index (χ1v) is 10.9. The molecule has 0 saturated carbocycles. The van der Waals surface area contributed by atoms with Crippen molar-refractivity contribution in [2.24, 2.45) is 0 Å². The highest BCUT2D eigenvalue weighted by atomic mass is 19.1. The summed E-state index contributed by atoms with van der Waals surface area (Å²) in [6.45, 7) is -0.0944. The Morgan fingerprint density at radius 2 is 2.00 bits per heavy atom. The zero-order chi connectivity index (χ0) is 25.3. The van der Waals surface area contributed by atoms with Gasteiger partial charge >= 0.3 is 5.97 Å². The maximum Gasteiger partial charge on any atom is 0.343 e. The van der Waals surface area contributed by atoms with E-state index in [9.17, 15) is 19.8 Å². The first-order chi connectivity index (χ1) is 16.8. The van der Waals surface area contributed by atoms with Crippen LogP contribution in [-0.4, -0.2) is 72.4 Å². The number of hydrogen-bond acceptors (Lipinski definition) is 9. The first kappa shape index (κ1) is 24.4. The minimum atomic E-state index is -0.861. The Kier molecular flexibility index (Phi) is 6.90. The monoisotopic (exact) mass is 487 g/mol. The van der Waals surface area contributed by atoms with E-state index in [0.717, 1.165) is 13.2 Å². The summed E-state index contributed by atoms with van der Waals surface area (Å²) in [7, 11) is 4.18. The number of carbonyl (C=O) groups is 1. The molecule has 3 aromatic rings. The van der Waals surface area contributed by atoms with Gasteiger partial charge in [0.05, 0.1) is 52.0 Å². The van der Waals surface area contributed by atoms with Crippen LogP contribution in [-0.2, 0) is 11.3 Å². The van der Waals surface area contributed by atoms with Gasteiger partial charge in [0.25, 0.3) is 0 Å². The van der Waals surface area contributed by atoms with Crippen molar-refractivity contribution in [3.8, 4) is 11.5 Å². The largest absolute Gasteiger partial charge is 0.497 e. The summed E-state index contributed by atoms with van der Waals surface area (Å²) >= 11 is 0. The maximum absolute atomic E-state index is 15.2. The Morgan fingerprint density at radius 3 is 2.66 bits per heavy atom. The van der Waals surface area contributed by atoms with Gasteiger partial charge in [-0.3, -0.25) is 4.79 Å². The molecule has 0 spiro atoms. The number of carbonyl (C=O) groups excluding carboxylic acids is 1. The van der Waals surface area contributed by atoms with Gasteiger partial charge in [-0.2, -0.15) is 0 Å². The standard InChI is InChI=1S/C24H26FN3O7/c1-33-16-5-4-13(20(7-16)34-2)9-27-11-18(24(32)35-3)21(31)17-8-19(25)23(26-22(17)27)28-10-15(30)6-14(28)12-29/h4-5,7-8,11,14-15,29-30H,6,9-10,12H2,1-3H3. The number of aliphatic hydroxyl groups excluding tert-OH is 2. The average molecular weight is 487 g/mol. The van der Waals surface area contributed by atoms with Crippen LogP contribution in [0.25, 0.3) is 11.0 Å². The topological polar surface area (TPSA) is 123 Å². The number of benzene rings is 1. The molecule has 1 fully saturated rings. The number of fused-ring (bicyclic) bond motifs is 1. The molecule has 0 bridgehead atoms. The molecule has 10 nitrogen and oxygen atoms in total. The van der Waals surface area contributed by atoms with Gasteiger partial charge < -0.3 is 33.9 Å². The van der Waals surface area contributed by atoms with Crippen molar-refractivity contribution in [3.05, 3.63) is 57.6 Å². The summed E-state index contributed by atoms with van der Waals surface area (Å²) in [4.78, 5) is 31.3. The lowest BCUT2D eigenvalue weighted by Gasteiger charge is -2.25. The van der Waals surface area contributed by atoms with Crippen LogP contribution in [0.4, 0.5) is 10.2 Å². The molecule has 186 valence electrons. The molecule has 0 aliphatic carbocycles. The number of aromatic nitrogens is 2. The van der Waals surface area contributed by atoms with Crippen LogP contribution >= 0.6 is 0 Å². The molecular formula is C24H26FN3O7. The molecule has 2 aromatic heterocycles. The third kappa shape index (κ3) is 4.52. The third-order valence-corrected chi connectivity index (χ3v) is 6.10. The quantitative estimate of drug-likeness (QED) is 0.475. The molecule has 2 unspecified atom stereocenters. The highest BCUT2D eigenvalue weighted by Gasteiger charge is 2.33. The predicted molar refractivity (Wildman–Crippen MR) is 125 cm³/mol. The van der Waals surface area contributed by atoms with Crippen LogP contribution in [0.3, 0.4) is 0 Å². The summed E-state index contributed by atoms with van der Waals surface area (Å²) in [6.07, 6.45) is 0.820. The molecule has 0 radical (unpaired) electrons. The molecule has 11 heteroatoms. The lowest BCUT2D eigenvalue weighted by atomic mass is 10.1. The van der Waals surface area contributed by atoms with Crippen molar-refractivity contribution in [3.63, 3.8) is 0 Å². The second-order valence-corrected chi connectivity index (χ2v) is 8.21. The summed E-state index contributed by atoms with van der Waals surface area (Å²) in [5, 5.41) is 19.6. The number of pyridine rings is 2. The van der Waals surface area contributed by atoms with E-state index in [-0.39, 0.29) is 48.5 Å². The number of hydrogen-bond donors (Lipinski definition) is 2. The normalized spacial score (nSPS) is 17.6. The molecule has 0 amide bonds. The third-order valence-electron chi connectivity index (χ3n) is 6.10. The zero-order valence-electron chi connectivity index (χ0n) is 19.5. The molecule has 2 atom stereocenters. The number of halogens is 1. The molecule has 1 aromatic carbocycles. The van der Waals surface area contributed by atoms with E-state index in [0.29, 0.717) is 17.1 Å². The van der Waals surface area contributed by atoms with Crippen LogP contribution in [0.1, 0.15) is 22.3 Å². The summed E-state index contributed by atoms with van der Waals surface area (Å²) < 4.78 is 32.2. The second-order valence-electron chi connectivity index (χ2n) is 8.21. The summed E-state index contributed by atoms with van der Waals surface area (Å²) in [5.74, 6) is -0.691. The average Bonchev–Trinajstić information content (AvgIpc) is 3.25. The number of methoxy groups -OCH3 is 3. The molecule has 1 saturated heterocycles. The number of ether oxygens (including phenoxy) is 3. The SMILES string of the molecule is COC(=O)c1cn(Cc2ccc(OC)cc2OC)c2nc(N3CC(O)CC3CO)c(F)cc2c1=O. The van der Waals surface area contributed by atoms with Crippen LogP contribution in [0.2, 0.25) is 0 Å². The van der Waals surface area contributed by atoms with Gasteiger partial charge in [-0.05, 0) is 24.6 Å². The molecular weight excluding hydrogens is 461 g/mol. The van der Waals surface area contributed by atoms with Gasteiger partial charge in [-0.15, -0.1) is 0 Å². The minimum absolute atomic E-state index is 0.0808. The number of rotatable bonds is 7. The van der Waals surface area contributed by atoms with Gasteiger partial charge in [0.15, 0.2) is 11.6 Å². The lowest BCUT2D eigenvalue weighted by Crippen LogP contribution is -2.34. The van der Waals surface area contributed by atoms with Crippen LogP contribution in [0, 0.1) is 5.82 Å². The van der Waals surface area contributed by atoms with Crippen LogP contribution in [0.5, 0.6) is 11.5 Å². The number of anilines is 1. The van der Waals surface area contributed by atoms with Gasteiger partial charge in [-0.25, -0.2) is 14.2 Å².